The lowest BCUT2D eigenvalue weighted by Gasteiger charge is -2.29. The predicted octanol–water partition coefficient (Wildman–Crippen LogP) is 2.54. The molecular weight excluding hydrogens is 352 g/mol. The van der Waals surface area contributed by atoms with Crippen LogP contribution in [-0.4, -0.2) is 29.1 Å². The van der Waals surface area contributed by atoms with E-state index in [0.29, 0.717) is 11.3 Å². The maximum atomic E-state index is 12.9. The summed E-state index contributed by atoms with van der Waals surface area (Å²) < 4.78 is 5.05. The topological polar surface area (TPSA) is 78.9 Å². The molecule has 1 aliphatic rings. The molecule has 6 nitrogen and oxygen atoms in total. The number of hydrogen-bond acceptors (Lipinski definition) is 5. The molecule has 1 fully saturated rings. The van der Waals surface area contributed by atoms with Gasteiger partial charge >= 0.3 is 0 Å². The molecule has 2 aromatic rings. The zero-order valence-corrected chi connectivity index (χ0v) is 15.0. The van der Waals surface area contributed by atoms with E-state index in [9.17, 15) is 14.7 Å². The molecule has 0 aliphatic carbocycles. The van der Waals surface area contributed by atoms with Gasteiger partial charge in [0.1, 0.15) is 5.57 Å². The van der Waals surface area contributed by atoms with Crippen LogP contribution in [0.4, 0.5) is 5.69 Å². The highest BCUT2D eigenvalue weighted by atomic mass is 32.1. The maximum absolute atomic E-state index is 12.9. The molecule has 2 N–H and O–H groups in total. The molecule has 0 atom stereocenters. The van der Waals surface area contributed by atoms with Crippen molar-refractivity contribution in [3.63, 3.8) is 0 Å². The number of aromatic hydroxyl groups is 1. The van der Waals surface area contributed by atoms with Crippen molar-refractivity contribution in [2.45, 2.75) is 6.92 Å². The van der Waals surface area contributed by atoms with Gasteiger partial charge in [-0.05, 0) is 43.4 Å². The SMILES string of the molecule is COc1cccc(C=C2C(=O)NC(=S)N(c3ccc(C)cc3)C2=O)c1O. The number of hydrogen-bond donors (Lipinski definition) is 2. The Morgan fingerprint density at radius 3 is 2.50 bits per heavy atom. The van der Waals surface area contributed by atoms with E-state index in [4.69, 9.17) is 17.0 Å². The number of nitrogens with zero attached hydrogens (tertiary/aromatic N) is 1. The summed E-state index contributed by atoms with van der Waals surface area (Å²) in [5.74, 6) is -1.09. The number of nitrogens with one attached hydrogen (secondary N) is 1. The summed E-state index contributed by atoms with van der Waals surface area (Å²) in [4.78, 5) is 26.4. The van der Waals surface area contributed by atoms with E-state index in [2.05, 4.69) is 5.32 Å². The Kier molecular flexibility index (Phi) is 4.73. The van der Waals surface area contributed by atoms with Crippen molar-refractivity contribution in [1.29, 1.82) is 0 Å². The van der Waals surface area contributed by atoms with Crippen molar-refractivity contribution in [3.8, 4) is 11.5 Å². The van der Waals surface area contributed by atoms with Gasteiger partial charge in [0.05, 0.1) is 12.8 Å². The molecule has 0 saturated carbocycles. The summed E-state index contributed by atoms with van der Waals surface area (Å²) in [5, 5.41) is 12.7. The van der Waals surface area contributed by atoms with Crippen molar-refractivity contribution in [1.82, 2.24) is 5.32 Å². The standard InChI is InChI=1S/C19H16N2O4S/c1-11-6-8-13(9-7-11)21-18(24)14(17(23)20-19(21)26)10-12-4-3-5-15(25-2)16(12)22/h3-10,22H,1-2H3,(H,20,23,26). The molecule has 3 rings (SSSR count). The minimum absolute atomic E-state index is 0.0101. The van der Waals surface area contributed by atoms with Gasteiger partial charge in [0.25, 0.3) is 11.8 Å². The molecule has 0 spiro atoms. The number of para-hydroxylation sites is 1. The zero-order valence-electron chi connectivity index (χ0n) is 14.1. The lowest BCUT2D eigenvalue weighted by molar-refractivity contribution is -0.122. The molecule has 0 unspecified atom stereocenters. The van der Waals surface area contributed by atoms with Gasteiger partial charge in [-0.15, -0.1) is 0 Å². The molecule has 1 heterocycles. The van der Waals surface area contributed by atoms with Crippen molar-refractivity contribution in [3.05, 3.63) is 59.2 Å². The minimum Gasteiger partial charge on any atom is -0.504 e. The molecule has 1 saturated heterocycles. The zero-order chi connectivity index (χ0) is 18.8. The first-order valence-corrected chi connectivity index (χ1v) is 8.17. The Hall–Kier alpha value is -3.19. The van der Waals surface area contributed by atoms with Gasteiger partial charge in [-0.3, -0.25) is 19.8 Å². The van der Waals surface area contributed by atoms with Crippen molar-refractivity contribution >= 4 is 40.9 Å². The van der Waals surface area contributed by atoms with Crippen LogP contribution >= 0.6 is 12.2 Å². The molecule has 132 valence electrons. The van der Waals surface area contributed by atoms with Gasteiger partial charge in [-0.25, -0.2) is 0 Å². The first-order chi connectivity index (χ1) is 12.4. The van der Waals surface area contributed by atoms with Gasteiger partial charge in [0.2, 0.25) is 0 Å². The number of phenolic OH excluding ortho intramolecular Hbond substituents is 1. The lowest BCUT2D eigenvalue weighted by atomic mass is 10.1. The highest BCUT2D eigenvalue weighted by Gasteiger charge is 2.34. The van der Waals surface area contributed by atoms with E-state index >= 15 is 0 Å². The number of anilines is 1. The number of thiocarbonyl (C=S) groups is 1. The van der Waals surface area contributed by atoms with Crippen LogP contribution < -0.4 is 15.0 Å². The fourth-order valence-electron chi connectivity index (χ4n) is 2.56. The number of aryl methyl sites for hydroxylation is 1. The van der Waals surface area contributed by atoms with Gasteiger partial charge in [0.15, 0.2) is 16.6 Å². The predicted molar refractivity (Wildman–Crippen MR) is 102 cm³/mol. The number of ether oxygens (including phenoxy) is 1. The van der Waals surface area contributed by atoms with Crippen LogP contribution in [0, 0.1) is 6.92 Å². The summed E-state index contributed by atoms with van der Waals surface area (Å²) in [6.07, 6.45) is 1.32. The summed E-state index contributed by atoms with van der Waals surface area (Å²) in [6.45, 7) is 1.93. The molecule has 0 bridgehead atoms. The number of carbonyl (C=O) groups is 2. The van der Waals surface area contributed by atoms with Crippen molar-refractivity contribution < 1.29 is 19.4 Å². The fraction of sp³-hybridized carbons (Fsp3) is 0.105. The van der Waals surface area contributed by atoms with Crippen LogP contribution in [0.1, 0.15) is 11.1 Å². The maximum Gasteiger partial charge on any atom is 0.270 e. The molecule has 2 aromatic carbocycles. The molecule has 1 aliphatic heterocycles. The average Bonchev–Trinajstić information content (AvgIpc) is 2.61. The number of methoxy groups -OCH3 is 1. The Labute approximate surface area is 155 Å². The van der Waals surface area contributed by atoms with Gasteiger partial charge in [0, 0.05) is 5.56 Å². The van der Waals surface area contributed by atoms with Crippen LogP contribution in [0.15, 0.2) is 48.0 Å². The van der Waals surface area contributed by atoms with E-state index in [1.165, 1.54) is 18.1 Å². The van der Waals surface area contributed by atoms with E-state index in [1.54, 1.807) is 30.3 Å². The van der Waals surface area contributed by atoms with Crippen LogP contribution in [0.3, 0.4) is 0 Å². The third-order valence-corrected chi connectivity index (χ3v) is 4.23. The van der Waals surface area contributed by atoms with Gasteiger partial charge in [-0.2, -0.15) is 0 Å². The molecule has 7 heteroatoms. The molecule has 2 amide bonds. The van der Waals surface area contributed by atoms with E-state index in [-0.39, 0.29) is 22.2 Å². The number of rotatable bonds is 3. The van der Waals surface area contributed by atoms with Crippen LogP contribution in [0.5, 0.6) is 11.5 Å². The Bertz CT molecular complexity index is 935. The normalized spacial score (nSPS) is 16.0. The Balaban J connectivity index is 2.04. The summed E-state index contributed by atoms with van der Waals surface area (Å²) in [5.41, 5.74) is 1.74. The Morgan fingerprint density at radius 2 is 1.85 bits per heavy atom. The monoisotopic (exact) mass is 368 g/mol. The number of carbonyl (C=O) groups excluding carboxylic acids is 2. The van der Waals surface area contributed by atoms with Gasteiger partial charge < -0.3 is 9.84 Å². The average molecular weight is 368 g/mol. The molecule has 0 aromatic heterocycles. The molecule has 0 radical (unpaired) electrons. The van der Waals surface area contributed by atoms with Crippen LogP contribution in [0.25, 0.3) is 6.08 Å². The molecule has 26 heavy (non-hydrogen) atoms. The minimum atomic E-state index is -0.620. The van der Waals surface area contributed by atoms with E-state index < -0.39 is 11.8 Å². The Morgan fingerprint density at radius 1 is 1.15 bits per heavy atom. The third kappa shape index (κ3) is 3.16. The lowest BCUT2D eigenvalue weighted by Crippen LogP contribution is -2.54. The highest BCUT2D eigenvalue weighted by Crippen LogP contribution is 2.32. The first-order valence-electron chi connectivity index (χ1n) is 7.76. The number of phenols is 1. The largest absolute Gasteiger partial charge is 0.504 e. The van der Waals surface area contributed by atoms with Crippen molar-refractivity contribution in [2.24, 2.45) is 0 Å². The van der Waals surface area contributed by atoms with Crippen molar-refractivity contribution in [2.75, 3.05) is 12.0 Å². The van der Waals surface area contributed by atoms with Crippen LogP contribution in [-0.2, 0) is 9.59 Å². The van der Waals surface area contributed by atoms with Gasteiger partial charge in [-0.1, -0.05) is 29.8 Å². The van der Waals surface area contributed by atoms with E-state index in [0.717, 1.165) is 5.56 Å². The summed E-state index contributed by atoms with van der Waals surface area (Å²) in [7, 11) is 1.42. The smallest absolute Gasteiger partial charge is 0.270 e. The number of benzene rings is 2. The fourth-order valence-corrected chi connectivity index (χ4v) is 2.84. The second kappa shape index (κ2) is 6.97. The summed E-state index contributed by atoms with van der Waals surface area (Å²) in [6, 6.07) is 12.0. The van der Waals surface area contributed by atoms with E-state index in [1.807, 2.05) is 19.1 Å². The number of amides is 2. The molecular formula is C19H16N2O4S. The quantitative estimate of drug-likeness (QED) is 0.495. The highest BCUT2D eigenvalue weighted by molar-refractivity contribution is 7.80. The third-order valence-electron chi connectivity index (χ3n) is 3.94. The second-order valence-corrected chi connectivity index (χ2v) is 6.08. The second-order valence-electron chi connectivity index (χ2n) is 5.69. The summed E-state index contributed by atoms with van der Waals surface area (Å²) >= 11 is 5.16. The van der Waals surface area contributed by atoms with Crippen LogP contribution in [0.2, 0.25) is 0 Å². The first kappa shape index (κ1) is 17.6.